The molecule has 174 valence electrons. The van der Waals surface area contributed by atoms with Crippen LogP contribution >= 0.6 is 11.8 Å². The maximum atomic E-state index is 12.9. The van der Waals surface area contributed by atoms with Crippen LogP contribution in [0.15, 0.2) is 59.8 Å². The highest BCUT2D eigenvalue weighted by atomic mass is 32.2. The number of nitrogens with one attached hydrogen (secondary N) is 1. The standard InChI is InChI=1S/C25H24N4O4S/c1-4-33-21-9-7-19(8-10-21)27-23(30)15-28-24(31)22(34-25(28)32)13-18-12-16(2)29(17(18)3)20-6-5-11-26-14-20/h5-14H,4,15H2,1-3H3,(H,27,30)/b22-13+. The van der Waals surface area contributed by atoms with Gasteiger partial charge >= 0.3 is 0 Å². The molecule has 9 heteroatoms. The molecular weight excluding hydrogens is 452 g/mol. The average molecular weight is 477 g/mol. The van der Waals surface area contributed by atoms with E-state index in [0.29, 0.717) is 18.0 Å². The van der Waals surface area contributed by atoms with Crippen molar-refractivity contribution in [3.05, 3.63) is 76.7 Å². The minimum Gasteiger partial charge on any atom is -0.494 e. The van der Waals surface area contributed by atoms with Gasteiger partial charge in [-0.25, -0.2) is 0 Å². The molecule has 0 spiro atoms. The number of carbonyl (C=O) groups excluding carboxylic acids is 3. The van der Waals surface area contributed by atoms with Gasteiger partial charge in [-0.15, -0.1) is 0 Å². The Kier molecular flexibility index (Phi) is 6.83. The molecule has 1 fully saturated rings. The van der Waals surface area contributed by atoms with E-state index in [1.165, 1.54) is 0 Å². The zero-order valence-corrected chi connectivity index (χ0v) is 19.9. The zero-order chi connectivity index (χ0) is 24.2. The normalized spacial score (nSPS) is 14.7. The predicted molar refractivity (Wildman–Crippen MR) is 132 cm³/mol. The summed E-state index contributed by atoms with van der Waals surface area (Å²) in [7, 11) is 0. The Morgan fingerprint density at radius 1 is 1.18 bits per heavy atom. The number of ether oxygens (including phenoxy) is 1. The van der Waals surface area contributed by atoms with Gasteiger partial charge in [-0.1, -0.05) is 0 Å². The number of benzene rings is 1. The van der Waals surface area contributed by atoms with Crippen LogP contribution in [-0.4, -0.2) is 44.7 Å². The molecule has 0 unspecified atom stereocenters. The van der Waals surface area contributed by atoms with E-state index in [1.807, 2.05) is 43.5 Å². The van der Waals surface area contributed by atoms with Crippen molar-refractivity contribution in [2.24, 2.45) is 0 Å². The van der Waals surface area contributed by atoms with Crippen LogP contribution in [0, 0.1) is 13.8 Å². The summed E-state index contributed by atoms with van der Waals surface area (Å²) in [5, 5.41) is 2.23. The number of amides is 3. The quantitative estimate of drug-likeness (QED) is 0.503. The molecule has 1 aliphatic rings. The molecule has 1 aliphatic heterocycles. The van der Waals surface area contributed by atoms with Crippen LogP contribution in [0.5, 0.6) is 5.75 Å². The third-order valence-corrected chi connectivity index (χ3v) is 6.19. The molecule has 0 radical (unpaired) electrons. The first-order valence-electron chi connectivity index (χ1n) is 10.7. The molecule has 0 atom stereocenters. The third-order valence-electron chi connectivity index (χ3n) is 5.29. The van der Waals surface area contributed by atoms with E-state index in [0.717, 1.165) is 39.3 Å². The molecule has 1 saturated heterocycles. The molecule has 1 N–H and O–H groups in total. The van der Waals surface area contributed by atoms with Crippen molar-refractivity contribution in [1.82, 2.24) is 14.5 Å². The van der Waals surface area contributed by atoms with E-state index in [-0.39, 0.29) is 11.4 Å². The maximum Gasteiger partial charge on any atom is 0.294 e. The number of hydrogen-bond acceptors (Lipinski definition) is 6. The zero-order valence-electron chi connectivity index (χ0n) is 19.1. The topological polar surface area (TPSA) is 93.5 Å². The van der Waals surface area contributed by atoms with Gasteiger partial charge in [-0.05, 0) is 86.6 Å². The van der Waals surface area contributed by atoms with Crippen LogP contribution in [0.25, 0.3) is 11.8 Å². The summed E-state index contributed by atoms with van der Waals surface area (Å²) in [6, 6.07) is 12.7. The Bertz CT molecular complexity index is 1270. The van der Waals surface area contributed by atoms with Gasteiger partial charge in [0.2, 0.25) is 5.91 Å². The first-order valence-corrected chi connectivity index (χ1v) is 11.6. The lowest BCUT2D eigenvalue weighted by Crippen LogP contribution is -2.36. The van der Waals surface area contributed by atoms with Gasteiger partial charge in [0.05, 0.1) is 23.4 Å². The molecular formula is C25H24N4O4S. The summed E-state index contributed by atoms with van der Waals surface area (Å²) in [5.41, 5.74) is 4.19. The fraction of sp³-hybridized carbons (Fsp3) is 0.200. The maximum absolute atomic E-state index is 12.9. The Labute approximate surface area is 201 Å². The molecule has 3 aromatic rings. The summed E-state index contributed by atoms with van der Waals surface area (Å²) in [6.07, 6.45) is 5.17. The van der Waals surface area contributed by atoms with E-state index >= 15 is 0 Å². The summed E-state index contributed by atoms with van der Waals surface area (Å²) in [5.74, 6) is -0.245. The molecule has 4 rings (SSSR count). The van der Waals surface area contributed by atoms with Gasteiger partial charge in [-0.2, -0.15) is 0 Å². The number of aryl methyl sites for hydroxylation is 1. The second-order valence-electron chi connectivity index (χ2n) is 7.65. The lowest BCUT2D eigenvalue weighted by atomic mass is 10.2. The first-order chi connectivity index (χ1) is 16.4. The van der Waals surface area contributed by atoms with Gasteiger partial charge in [0.15, 0.2) is 0 Å². The van der Waals surface area contributed by atoms with Crippen LogP contribution in [-0.2, 0) is 9.59 Å². The summed E-state index contributed by atoms with van der Waals surface area (Å²) in [4.78, 5) is 43.3. The van der Waals surface area contributed by atoms with E-state index in [9.17, 15) is 14.4 Å². The van der Waals surface area contributed by atoms with E-state index in [2.05, 4.69) is 10.3 Å². The molecule has 3 amide bonds. The highest BCUT2D eigenvalue weighted by molar-refractivity contribution is 8.18. The minimum absolute atomic E-state index is 0.283. The molecule has 0 aliphatic carbocycles. The van der Waals surface area contributed by atoms with Crippen molar-refractivity contribution in [3.8, 4) is 11.4 Å². The Morgan fingerprint density at radius 2 is 1.94 bits per heavy atom. The lowest BCUT2D eigenvalue weighted by molar-refractivity contribution is -0.127. The highest BCUT2D eigenvalue weighted by Crippen LogP contribution is 2.33. The summed E-state index contributed by atoms with van der Waals surface area (Å²) in [6.45, 7) is 5.99. The SMILES string of the molecule is CCOc1ccc(NC(=O)CN2C(=O)S/C(=C/c3cc(C)n(-c4cccnc4)c3C)C2=O)cc1. The number of hydrogen-bond donors (Lipinski definition) is 1. The van der Waals surface area contributed by atoms with Crippen molar-refractivity contribution in [2.75, 3.05) is 18.5 Å². The largest absolute Gasteiger partial charge is 0.494 e. The van der Waals surface area contributed by atoms with Gasteiger partial charge in [0, 0.05) is 23.3 Å². The van der Waals surface area contributed by atoms with Crippen LogP contribution in [0.2, 0.25) is 0 Å². The first kappa shape index (κ1) is 23.3. The van der Waals surface area contributed by atoms with Crippen LogP contribution in [0.3, 0.4) is 0 Å². The smallest absolute Gasteiger partial charge is 0.294 e. The van der Waals surface area contributed by atoms with Crippen LogP contribution < -0.4 is 10.1 Å². The Morgan fingerprint density at radius 3 is 2.62 bits per heavy atom. The molecule has 0 bridgehead atoms. The number of aromatic nitrogens is 2. The minimum atomic E-state index is -0.483. The number of pyridine rings is 1. The Hall–Kier alpha value is -3.85. The second kappa shape index (κ2) is 9.96. The number of thioether (sulfide) groups is 1. The van der Waals surface area contributed by atoms with Crippen molar-refractivity contribution < 1.29 is 19.1 Å². The van der Waals surface area contributed by atoms with Crippen molar-refractivity contribution in [1.29, 1.82) is 0 Å². The van der Waals surface area contributed by atoms with Crippen molar-refractivity contribution >= 4 is 40.6 Å². The third kappa shape index (κ3) is 4.89. The summed E-state index contributed by atoms with van der Waals surface area (Å²) < 4.78 is 7.42. The highest BCUT2D eigenvalue weighted by Gasteiger charge is 2.36. The van der Waals surface area contributed by atoms with Gasteiger partial charge in [0.1, 0.15) is 12.3 Å². The van der Waals surface area contributed by atoms with Crippen molar-refractivity contribution in [3.63, 3.8) is 0 Å². The van der Waals surface area contributed by atoms with E-state index in [1.54, 1.807) is 42.7 Å². The molecule has 34 heavy (non-hydrogen) atoms. The predicted octanol–water partition coefficient (Wildman–Crippen LogP) is 4.56. The number of rotatable bonds is 7. The fourth-order valence-electron chi connectivity index (χ4n) is 3.74. The van der Waals surface area contributed by atoms with Crippen LogP contribution in [0.1, 0.15) is 23.9 Å². The number of anilines is 1. The monoisotopic (exact) mass is 476 g/mol. The van der Waals surface area contributed by atoms with Gasteiger partial charge < -0.3 is 14.6 Å². The lowest BCUT2D eigenvalue weighted by Gasteiger charge is -2.12. The summed E-state index contributed by atoms with van der Waals surface area (Å²) >= 11 is 0.832. The number of imide groups is 1. The van der Waals surface area contributed by atoms with Gasteiger partial charge in [-0.3, -0.25) is 24.3 Å². The van der Waals surface area contributed by atoms with Gasteiger partial charge in [0.25, 0.3) is 11.1 Å². The Balaban J connectivity index is 1.47. The molecule has 8 nitrogen and oxygen atoms in total. The second-order valence-corrected chi connectivity index (χ2v) is 8.64. The van der Waals surface area contributed by atoms with E-state index in [4.69, 9.17) is 4.74 Å². The fourth-order valence-corrected chi connectivity index (χ4v) is 4.57. The van der Waals surface area contributed by atoms with E-state index < -0.39 is 17.1 Å². The number of carbonyl (C=O) groups is 3. The number of nitrogens with zero attached hydrogens (tertiary/aromatic N) is 3. The molecule has 0 saturated carbocycles. The van der Waals surface area contributed by atoms with Crippen LogP contribution in [0.4, 0.5) is 10.5 Å². The molecule has 2 aromatic heterocycles. The molecule has 1 aromatic carbocycles. The average Bonchev–Trinajstić information content (AvgIpc) is 3.25. The van der Waals surface area contributed by atoms with Crippen molar-refractivity contribution in [2.45, 2.75) is 20.8 Å². The molecule has 3 heterocycles.